The maximum atomic E-state index is 12.7. The number of aliphatic hydroxyl groups is 8. The van der Waals surface area contributed by atoms with Gasteiger partial charge in [0.05, 0.1) is 36.9 Å². The van der Waals surface area contributed by atoms with Gasteiger partial charge in [0, 0.05) is 12.4 Å². The van der Waals surface area contributed by atoms with E-state index >= 15 is 0 Å². The molecule has 0 amide bonds. The Morgan fingerprint density at radius 3 is 2.02 bits per heavy atom. The molecule has 0 aromatic carbocycles. The van der Waals surface area contributed by atoms with Gasteiger partial charge in [-0.2, -0.15) is 0 Å². The van der Waals surface area contributed by atoms with Gasteiger partial charge in [0.1, 0.15) is 55.4 Å². The molecule has 0 spiro atoms. The van der Waals surface area contributed by atoms with Gasteiger partial charge < -0.3 is 86.5 Å². The van der Waals surface area contributed by atoms with Gasteiger partial charge in [0.2, 0.25) is 0 Å². The molecular formula is C24H38N4O15. The fraction of sp³-hybridized carbons (Fsp3) is 0.750. The van der Waals surface area contributed by atoms with Gasteiger partial charge in [-0.15, -0.1) is 0 Å². The number of nitrogens with zero attached hydrogens (tertiary/aromatic N) is 1. The molecule has 15 atom stereocenters. The number of hydrogen-bond acceptors (Lipinski definition) is 19. The van der Waals surface area contributed by atoms with Crippen molar-refractivity contribution < 1.29 is 74.1 Å². The third kappa shape index (κ3) is 6.67. The molecule has 19 nitrogen and oxygen atoms in total. The zero-order valence-electron chi connectivity index (χ0n) is 22.6. The van der Waals surface area contributed by atoms with E-state index in [0.29, 0.717) is 0 Å². The molecule has 3 saturated heterocycles. The first kappa shape index (κ1) is 33.9. The second-order valence-corrected chi connectivity index (χ2v) is 10.4. The first-order valence-electron chi connectivity index (χ1n) is 13.3. The number of aromatic nitrogens is 1. The maximum absolute atomic E-state index is 12.7. The number of rotatable bonds is 9. The monoisotopic (exact) mass is 622 g/mol. The Kier molecular flexibility index (Phi) is 11.0. The van der Waals surface area contributed by atoms with Crippen molar-refractivity contribution >= 4 is 5.97 Å². The Labute approximate surface area is 244 Å². The van der Waals surface area contributed by atoms with Crippen LogP contribution >= 0.6 is 0 Å². The third-order valence-electron chi connectivity index (χ3n) is 7.59. The summed E-state index contributed by atoms with van der Waals surface area (Å²) in [4.78, 5) is 16.5. The van der Waals surface area contributed by atoms with Crippen molar-refractivity contribution in [1.82, 2.24) is 4.98 Å². The summed E-state index contributed by atoms with van der Waals surface area (Å²) in [5.74, 6) is -3.67. The molecule has 3 aliphatic heterocycles. The van der Waals surface area contributed by atoms with Crippen molar-refractivity contribution in [3.8, 4) is 0 Å². The highest BCUT2D eigenvalue weighted by molar-refractivity contribution is 5.89. The summed E-state index contributed by atoms with van der Waals surface area (Å²) in [7, 11) is 0. The van der Waals surface area contributed by atoms with Crippen LogP contribution in [-0.2, 0) is 28.4 Å². The van der Waals surface area contributed by atoms with E-state index in [2.05, 4.69) is 4.98 Å². The summed E-state index contributed by atoms with van der Waals surface area (Å²) in [6.07, 6.45) is -15.2. The van der Waals surface area contributed by atoms with Crippen LogP contribution in [0.25, 0.3) is 0 Å². The van der Waals surface area contributed by atoms with Gasteiger partial charge in [-0.25, -0.2) is 4.79 Å². The fourth-order valence-electron chi connectivity index (χ4n) is 5.00. The standard InChI is InChI=1S/C24H38N4O15/c25-11-14(32)17(9(5-29)38-21(11)37)40-22-12(26)15(33)18(10(6-30)39-22)41-23-13(27)16(34)19(35)24(7-31,43-23)42-20(36)8-2-1-3-28-4-8/h1-4,9-19,21-23,29-35,37H,5-7,25-27H2/t9-,10-,11-,12-,13-,14-,15-,16-,17?,18?,19+,21-,22+,23+,24+/m1/s1. The van der Waals surface area contributed by atoms with Crippen LogP contribution < -0.4 is 17.2 Å². The minimum atomic E-state index is -2.59. The van der Waals surface area contributed by atoms with Crippen LogP contribution in [0.2, 0.25) is 0 Å². The summed E-state index contributed by atoms with van der Waals surface area (Å²) < 4.78 is 33.1. The lowest BCUT2D eigenvalue weighted by molar-refractivity contribution is -0.396. The van der Waals surface area contributed by atoms with E-state index in [1.54, 1.807) is 0 Å². The molecule has 3 aliphatic rings. The van der Waals surface area contributed by atoms with Gasteiger partial charge in [-0.3, -0.25) is 4.98 Å². The molecule has 0 aliphatic carbocycles. The normalized spacial score (nSPS) is 45.5. The van der Waals surface area contributed by atoms with E-state index < -0.39 is 117 Å². The number of carbonyl (C=O) groups is 1. The Bertz CT molecular complexity index is 1060. The Morgan fingerprint density at radius 1 is 0.860 bits per heavy atom. The second kappa shape index (κ2) is 14.0. The molecule has 1 aromatic heterocycles. The smallest absolute Gasteiger partial charge is 0.342 e. The number of carbonyl (C=O) groups excluding carboxylic acids is 1. The largest absolute Gasteiger partial charge is 0.424 e. The van der Waals surface area contributed by atoms with E-state index in [1.165, 1.54) is 18.3 Å². The summed E-state index contributed by atoms with van der Waals surface area (Å²) in [6, 6.07) is -1.56. The summed E-state index contributed by atoms with van der Waals surface area (Å²) in [5, 5.41) is 82.5. The zero-order chi connectivity index (χ0) is 31.6. The van der Waals surface area contributed by atoms with Gasteiger partial charge >= 0.3 is 5.97 Å². The molecule has 0 bridgehead atoms. The fourth-order valence-corrected chi connectivity index (χ4v) is 5.00. The van der Waals surface area contributed by atoms with Crippen LogP contribution in [0.4, 0.5) is 0 Å². The predicted molar refractivity (Wildman–Crippen MR) is 136 cm³/mol. The first-order chi connectivity index (χ1) is 20.4. The highest BCUT2D eigenvalue weighted by Gasteiger charge is 2.58. The van der Waals surface area contributed by atoms with Crippen LogP contribution in [0.3, 0.4) is 0 Å². The average molecular weight is 623 g/mol. The van der Waals surface area contributed by atoms with Gasteiger partial charge in [0.15, 0.2) is 18.9 Å². The highest BCUT2D eigenvalue weighted by atomic mass is 16.8. The summed E-state index contributed by atoms with van der Waals surface area (Å²) in [5.41, 5.74) is 17.8. The van der Waals surface area contributed by atoms with Crippen molar-refractivity contribution in [2.75, 3.05) is 19.8 Å². The van der Waals surface area contributed by atoms with Crippen molar-refractivity contribution in [2.45, 2.75) is 91.6 Å². The highest BCUT2D eigenvalue weighted by Crippen LogP contribution is 2.35. The minimum absolute atomic E-state index is 0.0752. The predicted octanol–water partition coefficient (Wildman–Crippen LogP) is -7.09. The summed E-state index contributed by atoms with van der Waals surface area (Å²) in [6.45, 7) is -2.68. The van der Waals surface area contributed by atoms with Crippen molar-refractivity contribution in [2.24, 2.45) is 17.2 Å². The lowest BCUT2D eigenvalue weighted by atomic mass is 9.93. The van der Waals surface area contributed by atoms with Crippen LogP contribution in [0.15, 0.2) is 24.5 Å². The van der Waals surface area contributed by atoms with Crippen molar-refractivity contribution in [3.05, 3.63) is 30.1 Å². The van der Waals surface area contributed by atoms with E-state index in [1.807, 2.05) is 0 Å². The quantitative estimate of drug-likeness (QED) is 0.114. The van der Waals surface area contributed by atoms with Gasteiger partial charge in [-0.05, 0) is 12.1 Å². The van der Waals surface area contributed by atoms with Crippen LogP contribution in [-0.4, -0.2) is 163 Å². The third-order valence-corrected chi connectivity index (χ3v) is 7.59. The van der Waals surface area contributed by atoms with Gasteiger partial charge in [-0.1, -0.05) is 0 Å². The van der Waals surface area contributed by atoms with E-state index in [4.69, 9.17) is 45.6 Å². The van der Waals surface area contributed by atoms with Gasteiger partial charge in [0.25, 0.3) is 5.79 Å². The Balaban J connectivity index is 1.51. The lowest BCUT2D eigenvalue weighted by Crippen LogP contribution is -2.72. The molecule has 4 heterocycles. The molecule has 0 saturated carbocycles. The number of hydrogen-bond donors (Lipinski definition) is 11. The Morgan fingerprint density at radius 2 is 1.44 bits per heavy atom. The molecule has 2 unspecified atom stereocenters. The summed E-state index contributed by atoms with van der Waals surface area (Å²) >= 11 is 0. The number of nitrogens with two attached hydrogens (primary N) is 3. The number of esters is 1. The zero-order valence-corrected chi connectivity index (χ0v) is 22.6. The van der Waals surface area contributed by atoms with E-state index in [0.717, 1.165) is 6.20 Å². The molecule has 0 radical (unpaired) electrons. The average Bonchev–Trinajstić information content (AvgIpc) is 3.01. The first-order valence-corrected chi connectivity index (χ1v) is 13.3. The molecule has 19 heteroatoms. The lowest BCUT2D eigenvalue weighted by Gasteiger charge is -2.50. The molecule has 14 N–H and O–H groups in total. The molecular weight excluding hydrogens is 584 g/mol. The molecule has 43 heavy (non-hydrogen) atoms. The Hall–Kier alpha value is -2.02. The molecule has 4 rings (SSSR count). The number of ether oxygens (including phenoxy) is 6. The molecule has 3 fully saturated rings. The van der Waals surface area contributed by atoms with E-state index in [-0.39, 0.29) is 5.56 Å². The van der Waals surface area contributed by atoms with Crippen molar-refractivity contribution in [1.29, 1.82) is 0 Å². The topological polar surface area (TPSA) is 325 Å². The minimum Gasteiger partial charge on any atom is -0.424 e. The number of pyridine rings is 1. The second-order valence-electron chi connectivity index (χ2n) is 10.4. The van der Waals surface area contributed by atoms with Crippen LogP contribution in [0.5, 0.6) is 0 Å². The van der Waals surface area contributed by atoms with Crippen LogP contribution in [0.1, 0.15) is 10.4 Å². The number of aliphatic hydroxyl groups excluding tert-OH is 8. The SMILES string of the molecule is N[C@H]1[C@@H](OC2[C@@H](CO)O[C@@H](OC3[C@@H](CO)O[C@@H](O)[C@H](N)[C@H]3O)[C@H](N)[C@H]2O)O[C@](CO)(OC(=O)c2cccnc2)[C@@H](O)[C@@H]1O. The molecule has 244 valence electrons. The van der Waals surface area contributed by atoms with Crippen LogP contribution in [0, 0.1) is 0 Å². The van der Waals surface area contributed by atoms with E-state index in [9.17, 15) is 45.6 Å². The maximum Gasteiger partial charge on any atom is 0.342 e. The molecule has 1 aromatic rings. The van der Waals surface area contributed by atoms with Crippen molar-refractivity contribution in [3.63, 3.8) is 0 Å².